The van der Waals surface area contributed by atoms with Crippen molar-refractivity contribution in [3.05, 3.63) is 57.6 Å². The van der Waals surface area contributed by atoms with Gasteiger partial charge < -0.3 is 14.6 Å². The molecule has 0 heterocycles. The second kappa shape index (κ2) is 8.47. The number of amides is 1. The normalized spacial score (nSPS) is 10.5. The van der Waals surface area contributed by atoms with E-state index in [2.05, 4.69) is 10.5 Å². The number of rotatable bonds is 7. The number of nitrogens with one attached hydrogen (secondary N) is 1. The van der Waals surface area contributed by atoms with E-state index in [9.17, 15) is 20.0 Å². The highest BCUT2D eigenvalue weighted by atomic mass is 16.6. The summed E-state index contributed by atoms with van der Waals surface area (Å²) in [5, 5.41) is 24.6. The number of nitrogens with zero attached hydrogens (tertiary/aromatic N) is 2. The van der Waals surface area contributed by atoms with Crippen LogP contribution in [0.1, 0.15) is 22.8 Å². The van der Waals surface area contributed by atoms with Crippen LogP contribution < -0.4 is 14.9 Å². The Bertz CT molecular complexity index is 850. The summed E-state index contributed by atoms with van der Waals surface area (Å²) in [4.78, 5) is 22.3. The number of ether oxygens (including phenoxy) is 2. The molecule has 0 saturated carbocycles. The number of aromatic hydroxyl groups is 1. The number of hydrazone groups is 1. The number of phenolic OH excluding ortho intramolecular Hbond substituents is 1. The van der Waals surface area contributed by atoms with Crippen molar-refractivity contribution in [3.8, 4) is 17.2 Å². The van der Waals surface area contributed by atoms with E-state index < -0.39 is 22.3 Å². The number of benzene rings is 2. The summed E-state index contributed by atoms with van der Waals surface area (Å²) in [7, 11) is 1.49. The molecular formula is C17H17N3O6. The Labute approximate surface area is 149 Å². The quantitative estimate of drug-likeness (QED) is 0.445. The lowest BCUT2D eigenvalue weighted by molar-refractivity contribution is -0.386. The van der Waals surface area contributed by atoms with Crippen molar-refractivity contribution in [2.24, 2.45) is 5.10 Å². The molecule has 0 bridgehead atoms. The lowest BCUT2D eigenvalue weighted by atomic mass is 10.2. The van der Waals surface area contributed by atoms with Crippen LogP contribution in [0.25, 0.3) is 0 Å². The summed E-state index contributed by atoms with van der Waals surface area (Å²) in [5.74, 6) is -0.549. The molecule has 0 spiro atoms. The summed E-state index contributed by atoms with van der Waals surface area (Å²) in [5.41, 5.74) is 2.42. The van der Waals surface area contributed by atoms with E-state index in [1.54, 1.807) is 31.2 Å². The lowest BCUT2D eigenvalue weighted by Crippen LogP contribution is -2.17. The molecule has 0 aliphatic rings. The van der Waals surface area contributed by atoms with Gasteiger partial charge >= 0.3 is 5.69 Å². The number of nitro groups is 1. The van der Waals surface area contributed by atoms with E-state index in [0.717, 1.165) is 6.07 Å². The number of phenols is 1. The average Bonchev–Trinajstić information content (AvgIpc) is 2.64. The first-order valence-corrected chi connectivity index (χ1v) is 7.58. The van der Waals surface area contributed by atoms with Crippen LogP contribution in [0.15, 0.2) is 41.5 Å². The van der Waals surface area contributed by atoms with E-state index in [1.165, 1.54) is 19.4 Å². The summed E-state index contributed by atoms with van der Waals surface area (Å²) in [6.07, 6.45) is 1.22. The topological polar surface area (TPSA) is 123 Å². The van der Waals surface area contributed by atoms with E-state index in [4.69, 9.17) is 9.47 Å². The second-order valence-corrected chi connectivity index (χ2v) is 5.01. The fourth-order valence-corrected chi connectivity index (χ4v) is 2.09. The first-order valence-electron chi connectivity index (χ1n) is 7.58. The molecule has 0 aromatic heterocycles. The van der Waals surface area contributed by atoms with Gasteiger partial charge in [-0.2, -0.15) is 5.10 Å². The van der Waals surface area contributed by atoms with Gasteiger partial charge in [0.1, 0.15) is 5.75 Å². The molecule has 0 fully saturated rings. The van der Waals surface area contributed by atoms with E-state index in [0.29, 0.717) is 11.3 Å². The molecule has 0 atom stereocenters. The predicted octanol–water partition coefficient (Wildman–Crippen LogP) is 2.47. The summed E-state index contributed by atoms with van der Waals surface area (Å²) >= 11 is 0. The van der Waals surface area contributed by atoms with Gasteiger partial charge in [0.2, 0.25) is 5.75 Å². The molecule has 0 saturated heterocycles. The van der Waals surface area contributed by atoms with Gasteiger partial charge in [0.05, 0.1) is 24.9 Å². The molecular weight excluding hydrogens is 342 g/mol. The average molecular weight is 359 g/mol. The molecule has 2 aromatic rings. The van der Waals surface area contributed by atoms with Crippen LogP contribution in [0.4, 0.5) is 5.69 Å². The van der Waals surface area contributed by atoms with Crippen molar-refractivity contribution < 1.29 is 24.3 Å². The highest BCUT2D eigenvalue weighted by Crippen LogP contribution is 2.36. The van der Waals surface area contributed by atoms with Crippen LogP contribution in [-0.2, 0) is 0 Å². The van der Waals surface area contributed by atoms with Crippen LogP contribution in [-0.4, -0.2) is 35.9 Å². The maximum atomic E-state index is 12.0. The van der Waals surface area contributed by atoms with Gasteiger partial charge in [-0.3, -0.25) is 14.9 Å². The third-order valence-corrected chi connectivity index (χ3v) is 3.29. The zero-order chi connectivity index (χ0) is 19.1. The Morgan fingerprint density at radius 1 is 1.38 bits per heavy atom. The van der Waals surface area contributed by atoms with Crippen molar-refractivity contribution in [1.82, 2.24) is 5.43 Å². The molecule has 1 amide bonds. The van der Waals surface area contributed by atoms with Gasteiger partial charge in [0.25, 0.3) is 5.91 Å². The van der Waals surface area contributed by atoms with Crippen molar-refractivity contribution in [2.45, 2.75) is 6.92 Å². The van der Waals surface area contributed by atoms with Crippen molar-refractivity contribution >= 4 is 17.8 Å². The molecule has 26 heavy (non-hydrogen) atoms. The molecule has 0 aliphatic carbocycles. The Balaban J connectivity index is 2.18. The minimum Gasteiger partial charge on any atom is -0.500 e. The zero-order valence-electron chi connectivity index (χ0n) is 14.1. The van der Waals surface area contributed by atoms with E-state index in [-0.39, 0.29) is 17.9 Å². The lowest BCUT2D eigenvalue weighted by Gasteiger charge is -2.07. The van der Waals surface area contributed by atoms with Gasteiger partial charge in [-0.25, -0.2) is 5.43 Å². The Morgan fingerprint density at radius 2 is 2.15 bits per heavy atom. The van der Waals surface area contributed by atoms with Gasteiger partial charge in [-0.05, 0) is 31.2 Å². The van der Waals surface area contributed by atoms with Crippen LogP contribution in [0.3, 0.4) is 0 Å². The van der Waals surface area contributed by atoms with Gasteiger partial charge in [-0.15, -0.1) is 0 Å². The number of methoxy groups -OCH3 is 1. The smallest absolute Gasteiger partial charge is 0.315 e. The number of carbonyl (C=O) groups is 1. The number of hydrogen-bond donors (Lipinski definition) is 2. The molecule has 9 nitrogen and oxygen atoms in total. The Morgan fingerprint density at radius 3 is 2.81 bits per heavy atom. The number of nitro benzene ring substituents is 1. The van der Waals surface area contributed by atoms with E-state index in [1.807, 2.05) is 0 Å². The second-order valence-electron chi connectivity index (χ2n) is 5.01. The van der Waals surface area contributed by atoms with Crippen LogP contribution in [0.5, 0.6) is 17.2 Å². The molecule has 0 unspecified atom stereocenters. The minimum atomic E-state index is -0.732. The largest absolute Gasteiger partial charge is 0.500 e. The standard InChI is InChI=1S/C17H17N3O6/c1-3-26-15-8-11(7-14(16(15)21)20(23)24)10-18-19-17(22)12-5-4-6-13(9-12)25-2/h4-10,21H,3H2,1-2H3,(H,19,22)/b18-10-. The van der Waals surface area contributed by atoms with Crippen LogP contribution in [0.2, 0.25) is 0 Å². The first-order chi connectivity index (χ1) is 12.5. The summed E-state index contributed by atoms with van der Waals surface area (Å²) < 4.78 is 10.2. The van der Waals surface area contributed by atoms with Crippen molar-refractivity contribution in [2.75, 3.05) is 13.7 Å². The molecule has 2 rings (SSSR count). The fraction of sp³-hybridized carbons (Fsp3) is 0.176. The third kappa shape index (κ3) is 4.47. The summed E-state index contributed by atoms with van der Waals surface area (Å²) in [6.45, 7) is 1.90. The third-order valence-electron chi connectivity index (χ3n) is 3.29. The maximum Gasteiger partial charge on any atom is 0.315 e. The molecule has 2 N–H and O–H groups in total. The van der Waals surface area contributed by atoms with Crippen LogP contribution >= 0.6 is 0 Å². The maximum absolute atomic E-state index is 12.0. The molecule has 0 radical (unpaired) electrons. The van der Waals surface area contributed by atoms with Gasteiger partial charge in [-0.1, -0.05) is 6.07 Å². The monoisotopic (exact) mass is 359 g/mol. The zero-order valence-corrected chi connectivity index (χ0v) is 14.1. The van der Waals surface area contributed by atoms with Crippen molar-refractivity contribution in [1.29, 1.82) is 0 Å². The molecule has 2 aromatic carbocycles. The SMILES string of the molecule is CCOc1cc(/C=N\NC(=O)c2cccc(OC)c2)cc([N+](=O)[O-])c1O. The molecule has 0 aliphatic heterocycles. The van der Waals surface area contributed by atoms with E-state index >= 15 is 0 Å². The van der Waals surface area contributed by atoms with Crippen LogP contribution in [0, 0.1) is 10.1 Å². The Kier molecular flexibility index (Phi) is 6.10. The molecule has 9 heteroatoms. The van der Waals surface area contributed by atoms with Gasteiger partial charge in [0.15, 0.2) is 5.75 Å². The highest BCUT2D eigenvalue weighted by Gasteiger charge is 2.19. The highest BCUT2D eigenvalue weighted by molar-refractivity contribution is 5.95. The first kappa shape index (κ1) is 18.7. The summed E-state index contributed by atoms with van der Waals surface area (Å²) in [6, 6.07) is 9.00. The number of carbonyl (C=O) groups excluding carboxylic acids is 1. The predicted molar refractivity (Wildman–Crippen MR) is 94.0 cm³/mol. The minimum absolute atomic E-state index is 0.0396. The fourth-order valence-electron chi connectivity index (χ4n) is 2.09. The van der Waals surface area contributed by atoms with Gasteiger partial charge in [0, 0.05) is 17.2 Å². The molecule has 136 valence electrons. The Hall–Kier alpha value is -3.62. The number of hydrogen-bond acceptors (Lipinski definition) is 7. The van der Waals surface area contributed by atoms with Crippen molar-refractivity contribution in [3.63, 3.8) is 0 Å².